The molecule has 0 aliphatic heterocycles. The Morgan fingerprint density at radius 3 is 1.70 bits per heavy atom. The zero-order valence-corrected chi connectivity index (χ0v) is 13.9. The van der Waals surface area contributed by atoms with Gasteiger partial charge >= 0.3 is 5.97 Å². The van der Waals surface area contributed by atoms with Crippen molar-refractivity contribution < 1.29 is 15.0 Å². The molecule has 0 heterocycles. The molecule has 0 aromatic carbocycles. The predicted octanol–water partition coefficient (Wildman–Crippen LogP) is 3.88. The summed E-state index contributed by atoms with van der Waals surface area (Å²) >= 11 is 0. The molecular formula is C16H35NO3. The van der Waals surface area contributed by atoms with Crippen LogP contribution in [-0.4, -0.2) is 40.4 Å². The van der Waals surface area contributed by atoms with Gasteiger partial charge in [-0.2, -0.15) is 0 Å². The van der Waals surface area contributed by atoms with Crippen molar-refractivity contribution in [1.29, 1.82) is 0 Å². The van der Waals surface area contributed by atoms with Crippen LogP contribution in [0.15, 0.2) is 0 Å². The molecule has 0 saturated carbocycles. The van der Waals surface area contributed by atoms with Crippen LogP contribution < -0.4 is 0 Å². The second kappa shape index (κ2) is 16.4. The number of carbonyl (C=O) groups is 1. The molecule has 20 heavy (non-hydrogen) atoms. The minimum Gasteiger partial charge on any atom is -0.481 e. The molecule has 0 bridgehead atoms. The summed E-state index contributed by atoms with van der Waals surface area (Å²) in [7, 11) is 0. The molecule has 0 rings (SSSR count). The maximum atomic E-state index is 10.1. The van der Waals surface area contributed by atoms with E-state index in [-0.39, 0.29) is 6.23 Å². The Morgan fingerprint density at radius 1 is 0.950 bits per heavy atom. The molecule has 1 atom stereocenters. The van der Waals surface area contributed by atoms with Gasteiger partial charge in [0.25, 0.3) is 0 Å². The standard InChI is InChI=1S/C10H20O2.C6H15NO/c1-2-3-4-5-6-7-8-9-10(11)12;1-4-7(5-2)6(3)8/h2-9H2,1H3,(H,11,12);6,8H,4-5H2,1-3H3. The molecule has 4 nitrogen and oxygen atoms in total. The van der Waals surface area contributed by atoms with Crippen LogP contribution in [0.4, 0.5) is 0 Å². The summed E-state index contributed by atoms with van der Waals surface area (Å²) in [5.41, 5.74) is 0. The largest absolute Gasteiger partial charge is 0.481 e. The van der Waals surface area contributed by atoms with Gasteiger partial charge < -0.3 is 10.2 Å². The fourth-order valence-electron chi connectivity index (χ4n) is 1.99. The van der Waals surface area contributed by atoms with Crippen molar-refractivity contribution in [2.45, 2.75) is 85.3 Å². The zero-order chi connectivity index (χ0) is 15.8. The van der Waals surface area contributed by atoms with E-state index in [2.05, 4.69) is 6.92 Å². The third kappa shape index (κ3) is 17.4. The lowest BCUT2D eigenvalue weighted by molar-refractivity contribution is -0.137. The molecule has 0 spiro atoms. The molecule has 0 fully saturated rings. The predicted molar refractivity (Wildman–Crippen MR) is 84.8 cm³/mol. The highest BCUT2D eigenvalue weighted by Gasteiger charge is 2.02. The Bertz CT molecular complexity index is 204. The molecule has 0 saturated heterocycles. The van der Waals surface area contributed by atoms with Gasteiger partial charge in [0.15, 0.2) is 0 Å². The first-order chi connectivity index (χ1) is 9.49. The fraction of sp³-hybridized carbons (Fsp3) is 0.938. The molecule has 0 aliphatic carbocycles. The molecule has 4 heteroatoms. The number of aliphatic hydroxyl groups excluding tert-OH is 1. The third-order valence-corrected chi connectivity index (χ3v) is 3.34. The van der Waals surface area contributed by atoms with Crippen molar-refractivity contribution in [3.05, 3.63) is 0 Å². The Kier molecular flexibility index (Phi) is 17.8. The van der Waals surface area contributed by atoms with E-state index in [9.17, 15) is 4.79 Å². The number of nitrogens with zero attached hydrogens (tertiary/aromatic N) is 1. The van der Waals surface area contributed by atoms with Crippen molar-refractivity contribution >= 4 is 5.97 Å². The van der Waals surface area contributed by atoms with Crippen molar-refractivity contribution in [3.63, 3.8) is 0 Å². The van der Waals surface area contributed by atoms with Crippen LogP contribution in [0.5, 0.6) is 0 Å². The van der Waals surface area contributed by atoms with Gasteiger partial charge in [0, 0.05) is 6.42 Å². The summed E-state index contributed by atoms with van der Waals surface area (Å²) < 4.78 is 0. The number of hydrogen-bond acceptors (Lipinski definition) is 3. The average Bonchev–Trinajstić information content (AvgIpc) is 2.39. The van der Waals surface area contributed by atoms with Crippen LogP contribution >= 0.6 is 0 Å². The van der Waals surface area contributed by atoms with E-state index in [1.807, 2.05) is 18.7 Å². The first-order valence-corrected chi connectivity index (χ1v) is 8.13. The molecule has 0 radical (unpaired) electrons. The normalized spacial score (nSPS) is 11.9. The highest BCUT2D eigenvalue weighted by Crippen LogP contribution is 2.07. The summed E-state index contributed by atoms with van der Waals surface area (Å²) in [6.45, 7) is 9.91. The van der Waals surface area contributed by atoms with Crippen LogP contribution in [-0.2, 0) is 4.79 Å². The molecule has 2 N–H and O–H groups in total. The van der Waals surface area contributed by atoms with E-state index < -0.39 is 5.97 Å². The van der Waals surface area contributed by atoms with Crippen LogP contribution in [0.1, 0.15) is 79.1 Å². The van der Waals surface area contributed by atoms with E-state index in [0.717, 1.165) is 25.9 Å². The maximum absolute atomic E-state index is 10.1. The average molecular weight is 289 g/mol. The summed E-state index contributed by atoms with van der Waals surface area (Å²) in [4.78, 5) is 12.1. The Hall–Kier alpha value is -0.610. The van der Waals surface area contributed by atoms with Crippen molar-refractivity contribution in [2.24, 2.45) is 0 Å². The highest BCUT2D eigenvalue weighted by molar-refractivity contribution is 5.66. The minimum atomic E-state index is -0.663. The van der Waals surface area contributed by atoms with Gasteiger partial charge in [0.1, 0.15) is 6.23 Å². The highest BCUT2D eigenvalue weighted by atomic mass is 16.4. The van der Waals surface area contributed by atoms with Crippen LogP contribution in [0.3, 0.4) is 0 Å². The second-order valence-corrected chi connectivity index (χ2v) is 5.12. The lowest BCUT2D eigenvalue weighted by Gasteiger charge is -2.20. The van der Waals surface area contributed by atoms with E-state index in [0.29, 0.717) is 6.42 Å². The summed E-state index contributed by atoms with van der Waals surface area (Å²) in [6.07, 6.45) is 8.36. The van der Waals surface area contributed by atoms with Crippen molar-refractivity contribution in [2.75, 3.05) is 13.1 Å². The smallest absolute Gasteiger partial charge is 0.303 e. The Balaban J connectivity index is 0. The summed E-state index contributed by atoms with van der Waals surface area (Å²) in [6, 6.07) is 0. The Labute approximate surface area is 125 Å². The van der Waals surface area contributed by atoms with E-state index >= 15 is 0 Å². The van der Waals surface area contributed by atoms with Crippen molar-refractivity contribution in [1.82, 2.24) is 4.90 Å². The molecule has 0 aromatic heterocycles. The first-order valence-electron chi connectivity index (χ1n) is 8.13. The molecule has 0 aliphatic rings. The number of carboxylic acids is 1. The Morgan fingerprint density at radius 2 is 1.40 bits per heavy atom. The number of aliphatic hydroxyl groups is 1. The topological polar surface area (TPSA) is 60.8 Å². The number of hydrogen-bond donors (Lipinski definition) is 2. The molecule has 0 aromatic rings. The van der Waals surface area contributed by atoms with Gasteiger partial charge in [-0.05, 0) is 26.4 Å². The van der Waals surface area contributed by atoms with E-state index in [1.54, 1.807) is 6.92 Å². The van der Waals surface area contributed by atoms with Gasteiger partial charge in [-0.15, -0.1) is 0 Å². The van der Waals surface area contributed by atoms with Gasteiger partial charge in [-0.1, -0.05) is 59.3 Å². The quantitative estimate of drug-likeness (QED) is 0.447. The third-order valence-electron chi connectivity index (χ3n) is 3.34. The monoisotopic (exact) mass is 289 g/mol. The molecule has 1 unspecified atom stereocenters. The van der Waals surface area contributed by atoms with E-state index in [1.165, 1.54) is 32.1 Å². The number of aliphatic carboxylic acids is 1. The van der Waals surface area contributed by atoms with Gasteiger partial charge in [0.2, 0.25) is 0 Å². The first kappa shape index (κ1) is 21.7. The maximum Gasteiger partial charge on any atom is 0.303 e. The fourth-order valence-corrected chi connectivity index (χ4v) is 1.99. The zero-order valence-electron chi connectivity index (χ0n) is 13.9. The van der Waals surface area contributed by atoms with Crippen LogP contribution in [0.2, 0.25) is 0 Å². The summed E-state index contributed by atoms with van der Waals surface area (Å²) in [5.74, 6) is -0.663. The van der Waals surface area contributed by atoms with E-state index in [4.69, 9.17) is 10.2 Å². The summed E-state index contributed by atoms with van der Waals surface area (Å²) in [5, 5.41) is 17.3. The van der Waals surface area contributed by atoms with Crippen molar-refractivity contribution in [3.8, 4) is 0 Å². The lowest BCUT2D eigenvalue weighted by Crippen LogP contribution is -2.32. The van der Waals surface area contributed by atoms with Gasteiger partial charge in [0.05, 0.1) is 0 Å². The number of unbranched alkanes of at least 4 members (excludes halogenated alkanes) is 6. The lowest BCUT2D eigenvalue weighted by atomic mass is 10.1. The number of rotatable bonds is 11. The minimum absolute atomic E-state index is 0.287. The second-order valence-electron chi connectivity index (χ2n) is 5.12. The SMILES string of the molecule is CCCCCCCCCC(=O)O.CCN(CC)C(C)O. The van der Waals surface area contributed by atoms with Crippen LogP contribution in [0.25, 0.3) is 0 Å². The van der Waals surface area contributed by atoms with Crippen LogP contribution in [0, 0.1) is 0 Å². The number of carboxylic acid groups (broad SMARTS) is 1. The molecule has 0 amide bonds. The molecular weight excluding hydrogens is 254 g/mol. The molecule has 122 valence electrons. The van der Waals surface area contributed by atoms with Gasteiger partial charge in [-0.25, -0.2) is 0 Å². The van der Waals surface area contributed by atoms with Gasteiger partial charge in [-0.3, -0.25) is 9.69 Å².